The molecule has 0 atom stereocenters. The molecule has 0 aliphatic carbocycles. The summed E-state index contributed by atoms with van der Waals surface area (Å²) in [6.45, 7) is 4.60. The van der Waals surface area contributed by atoms with Crippen LogP contribution in [0.1, 0.15) is 41.7 Å². The summed E-state index contributed by atoms with van der Waals surface area (Å²) < 4.78 is 5.54. The molecule has 1 saturated heterocycles. The molecule has 2 N–H and O–H groups in total. The van der Waals surface area contributed by atoms with Crippen molar-refractivity contribution in [3.63, 3.8) is 0 Å². The van der Waals surface area contributed by atoms with Crippen molar-refractivity contribution in [3.05, 3.63) is 66.2 Å². The zero-order valence-electron chi connectivity index (χ0n) is 19.4. The number of carbonyl (C=O) groups excluding carboxylic acids is 1. The fourth-order valence-corrected chi connectivity index (χ4v) is 4.57. The summed E-state index contributed by atoms with van der Waals surface area (Å²) in [6, 6.07) is 13.7. The second-order valence-corrected chi connectivity index (χ2v) is 8.89. The van der Waals surface area contributed by atoms with Gasteiger partial charge < -0.3 is 15.0 Å². The lowest BCUT2D eigenvalue weighted by molar-refractivity contribution is 0.0491. The number of fused-ring (bicyclic) bond motifs is 1. The summed E-state index contributed by atoms with van der Waals surface area (Å²) in [7, 11) is 0. The first-order chi connectivity index (χ1) is 16.7. The average Bonchev–Trinajstić information content (AvgIpc) is 3.37. The molecule has 3 aromatic heterocycles. The number of pyridine rings is 2. The Morgan fingerprint density at radius 1 is 1.12 bits per heavy atom. The molecule has 4 aromatic rings. The van der Waals surface area contributed by atoms with E-state index in [0.717, 1.165) is 71.1 Å². The van der Waals surface area contributed by atoms with Gasteiger partial charge in [-0.3, -0.25) is 9.97 Å². The Bertz CT molecular complexity index is 1290. The lowest BCUT2D eigenvalue weighted by Crippen LogP contribution is -2.27. The monoisotopic (exact) mass is 455 g/mol. The van der Waals surface area contributed by atoms with Gasteiger partial charge in [0.1, 0.15) is 0 Å². The van der Waals surface area contributed by atoms with E-state index in [1.807, 2.05) is 49.4 Å². The van der Waals surface area contributed by atoms with Crippen molar-refractivity contribution in [2.24, 2.45) is 5.92 Å². The summed E-state index contributed by atoms with van der Waals surface area (Å²) in [5, 5.41) is 4.25. The van der Waals surface area contributed by atoms with Crippen molar-refractivity contribution >= 4 is 16.9 Å². The highest BCUT2D eigenvalue weighted by atomic mass is 16.5. The smallest absolute Gasteiger partial charge is 0.339 e. The fraction of sp³-hybridized carbons (Fsp3) is 0.333. The number of benzene rings is 1. The minimum atomic E-state index is -0.325. The van der Waals surface area contributed by atoms with Gasteiger partial charge in [-0.2, -0.15) is 0 Å². The van der Waals surface area contributed by atoms with Gasteiger partial charge in [-0.25, -0.2) is 9.78 Å². The van der Waals surface area contributed by atoms with Gasteiger partial charge in [0, 0.05) is 22.8 Å². The quantitative estimate of drug-likeness (QED) is 0.303. The van der Waals surface area contributed by atoms with Crippen molar-refractivity contribution < 1.29 is 9.53 Å². The van der Waals surface area contributed by atoms with Gasteiger partial charge in [-0.05, 0) is 81.9 Å². The van der Waals surface area contributed by atoms with Crippen molar-refractivity contribution in [1.29, 1.82) is 0 Å². The summed E-state index contributed by atoms with van der Waals surface area (Å²) in [5.74, 6) is 0.414. The van der Waals surface area contributed by atoms with Gasteiger partial charge in [-0.15, -0.1) is 0 Å². The average molecular weight is 456 g/mol. The first-order valence-corrected chi connectivity index (χ1v) is 11.9. The number of aromatic amines is 1. The van der Waals surface area contributed by atoms with Crippen molar-refractivity contribution in [2.75, 3.05) is 19.7 Å². The summed E-state index contributed by atoms with van der Waals surface area (Å²) in [5.41, 5.74) is 5.67. The van der Waals surface area contributed by atoms with Gasteiger partial charge >= 0.3 is 5.97 Å². The topological polar surface area (TPSA) is 92.8 Å². The number of esters is 1. The maximum Gasteiger partial charge on any atom is 0.339 e. The molecule has 4 heterocycles. The van der Waals surface area contributed by atoms with Crippen molar-refractivity contribution in [2.45, 2.75) is 32.6 Å². The number of ether oxygens (including phenoxy) is 1. The Morgan fingerprint density at radius 2 is 2.00 bits per heavy atom. The Morgan fingerprint density at radius 3 is 2.85 bits per heavy atom. The first-order valence-electron chi connectivity index (χ1n) is 11.9. The number of piperidine rings is 1. The van der Waals surface area contributed by atoms with E-state index in [4.69, 9.17) is 4.74 Å². The van der Waals surface area contributed by atoms with Crippen LogP contribution >= 0.6 is 0 Å². The molecule has 0 saturated carbocycles. The van der Waals surface area contributed by atoms with Crippen LogP contribution in [0.5, 0.6) is 0 Å². The predicted molar refractivity (Wildman–Crippen MR) is 132 cm³/mol. The summed E-state index contributed by atoms with van der Waals surface area (Å²) in [4.78, 5) is 29.5. The molecule has 0 bridgehead atoms. The zero-order chi connectivity index (χ0) is 23.3. The highest BCUT2D eigenvalue weighted by Crippen LogP contribution is 2.30. The summed E-state index contributed by atoms with van der Waals surface area (Å²) >= 11 is 0. The van der Waals surface area contributed by atoms with Gasteiger partial charge in [0.15, 0.2) is 0 Å². The third-order valence-corrected chi connectivity index (χ3v) is 6.42. The molecule has 174 valence electrons. The number of imidazole rings is 1. The van der Waals surface area contributed by atoms with Crippen LogP contribution in [0.4, 0.5) is 0 Å². The molecule has 0 spiro atoms. The number of rotatable bonds is 7. The lowest BCUT2D eigenvalue weighted by Gasteiger charge is -2.22. The molecule has 1 aliphatic heterocycles. The molecular weight excluding hydrogens is 426 g/mol. The van der Waals surface area contributed by atoms with Crippen LogP contribution in [-0.4, -0.2) is 45.6 Å². The van der Waals surface area contributed by atoms with Crippen LogP contribution in [0.25, 0.3) is 33.5 Å². The standard InChI is InChI=1S/C27H29N5O2/c1-18-4-2-6-24(32-18)26-25(30-17-31-26)20-7-8-23-21(14-20)15-22(16-29-23)27(33)34-13-3-5-19-9-11-28-12-10-19/h2,4,6-8,14-17,19,28H,3,5,9-13H2,1H3,(H,30,31). The molecule has 34 heavy (non-hydrogen) atoms. The second-order valence-electron chi connectivity index (χ2n) is 8.89. The van der Waals surface area contributed by atoms with E-state index in [0.29, 0.717) is 12.2 Å². The number of carbonyl (C=O) groups is 1. The van der Waals surface area contributed by atoms with E-state index < -0.39 is 0 Å². The molecule has 0 unspecified atom stereocenters. The van der Waals surface area contributed by atoms with Gasteiger partial charge in [0.2, 0.25) is 0 Å². The van der Waals surface area contributed by atoms with Gasteiger partial charge in [-0.1, -0.05) is 12.1 Å². The molecular formula is C27H29N5O2. The maximum atomic E-state index is 12.6. The molecule has 1 aliphatic rings. The largest absolute Gasteiger partial charge is 0.462 e. The van der Waals surface area contributed by atoms with Gasteiger partial charge in [0.05, 0.1) is 41.1 Å². The molecule has 7 nitrogen and oxygen atoms in total. The predicted octanol–water partition coefficient (Wildman–Crippen LogP) is 4.93. The molecule has 7 heteroatoms. The number of hydrogen-bond donors (Lipinski definition) is 2. The number of nitrogens with one attached hydrogen (secondary N) is 2. The number of H-pyrrole nitrogens is 1. The van der Waals surface area contributed by atoms with E-state index in [-0.39, 0.29) is 5.97 Å². The third kappa shape index (κ3) is 4.99. The van der Waals surface area contributed by atoms with E-state index in [1.165, 1.54) is 12.8 Å². The SMILES string of the molecule is Cc1cccc(-c2[nH]cnc2-c2ccc3ncc(C(=O)OCCCC4CCNCC4)cc3c2)n1. The van der Waals surface area contributed by atoms with E-state index >= 15 is 0 Å². The Kier molecular flexibility index (Phi) is 6.62. The second kappa shape index (κ2) is 10.1. The molecule has 5 rings (SSSR count). The van der Waals surface area contributed by atoms with Crippen LogP contribution in [0.2, 0.25) is 0 Å². The number of aryl methyl sites for hydroxylation is 1. The molecule has 1 aromatic carbocycles. The Balaban J connectivity index is 1.30. The third-order valence-electron chi connectivity index (χ3n) is 6.42. The Hall–Kier alpha value is -3.58. The van der Waals surface area contributed by atoms with Crippen molar-refractivity contribution in [3.8, 4) is 22.6 Å². The van der Waals surface area contributed by atoms with Crippen LogP contribution in [0.3, 0.4) is 0 Å². The highest BCUT2D eigenvalue weighted by molar-refractivity contribution is 5.95. The minimum Gasteiger partial charge on any atom is -0.462 e. The van der Waals surface area contributed by atoms with Crippen molar-refractivity contribution in [1.82, 2.24) is 25.3 Å². The molecule has 1 fully saturated rings. The lowest BCUT2D eigenvalue weighted by atomic mass is 9.93. The van der Waals surface area contributed by atoms with Crippen LogP contribution < -0.4 is 5.32 Å². The van der Waals surface area contributed by atoms with E-state index in [2.05, 4.69) is 25.3 Å². The number of hydrogen-bond acceptors (Lipinski definition) is 6. The fourth-order valence-electron chi connectivity index (χ4n) is 4.57. The van der Waals surface area contributed by atoms with Gasteiger partial charge in [0.25, 0.3) is 0 Å². The first kappa shape index (κ1) is 22.2. The maximum absolute atomic E-state index is 12.6. The summed E-state index contributed by atoms with van der Waals surface area (Å²) in [6.07, 6.45) is 7.69. The molecule has 0 radical (unpaired) electrons. The molecule has 0 amide bonds. The number of aromatic nitrogens is 4. The van der Waals surface area contributed by atoms with Crippen LogP contribution in [0.15, 0.2) is 55.0 Å². The van der Waals surface area contributed by atoms with E-state index in [1.54, 1.807) is 12.5 Å². The van der Waals surface area contributed by atoms with Crippen LogP contribution in [0, 0.1) is 12.8 Å². The van der Waals surface area contributed by atoms with E-state index in [9.17, 15) is 4.79 Å². The number of nitrogens with zero attached hydrogens (tertiary/aromatic N) is 3. The minimum absolute atomic E-state index is 0.325. The normalized spacial score (nSPS) is 14.4. The zero-order valence-corrected chi connectivity index (χ0v) is 19.4. The highest BCUT2D eigenvalue weighted by Gasteiger charge is 2.15. The Labute approximate surface area is 199 Å². The van der Waals surface area contributed by atoms with Crippen LogP contribution in [-0.2, 0) is 4.74 Å².